The predicted octanol–water partition coefficient (Wildman–Crippen LogP) is 3.75. The van der Waals surface area contributed by atoms with Gasteiger partial charge in [-0.3, -0.25) is 4.79 Å². The summed E-state index contributed by atoms with van der Waals surface area (Å²) in [6, 6.07) is 12.3. The molecule has 0 saturated carbocycles. The van der Waals surface area contributed by atoms with Crippen molar-refractivity contribution in [2.24, 2.45) is 17.8 Å². The maximum absolute atomic E-state index is 12.3. The van der Waals surface area contributed by atoms with Gasteiger partial charge in [-0.25, -0.2) is 0 Å². The average Bonchev–Trinajstić information content (AvgIpc) is 2.55. The molecule has 1 heterocycles. The monoisotopic (exact) mass is 329 g/mol. The SMILES string of the molecule is CCOC(=O)[C@@H](C#N)[C@@H](Cc1ccccc1)[C@@H]1CCOC(C)(C)C1. The standard InChI is InChI=1S/C20H27NO3/c1-4-23-19(22)18(14-21)17(12-15-8-6-5-7-9-15)16-10-11-24-20(2,3)13-16/h5-9,16-18H,4,10-13H2,1-3H3/t16-,17+,18+/m1/s1. The van der Waals surface area contributed by atoms with Gasteiger partial charge in [0.2, 0.25) is 0 Å². The summed E-state index contributed by atoms with van der Waals surface area (Å²) in [5.41, 5.74) is 0.934. The molecule has 4 nitrogen and oxygen atoms in total. The minimum absolute atomic E-state index is 0.0559. The van der Waals surface area contributed by atoms with Gasteiger partial charge in [-0.2, -0.15) is 5.26 Å². The van der Waals surface area contributed by atoms with E-state index in [1.165, 1.54) is 0 Å². The van der Waals surface area contributed by atoms with Crippen molar-refractivity contribution >= 4 is 5.97 Å². The number of nitrogens with zero attached hydrogens (tertiary/aromatic N) is 1. The van der Waals surface area contributed by atoms with Crippen molar-refractivity contribution in [3.05, 3.63) is 35.9 Å². The Morgan fingerprint density at radius 3 is 2.71 bits per heavy atom. The average molecular weight is 329 g/mol. The number of ether oxygens (including phenoxy) is 2. The minimum Gasteiger partial charge on any atom is -0.465 e. The molecular formula is C20H27NO3. The summed E-state index contributed by atoms with van der Waals surface area (Å²) in [4.78, 5) is 12.3. The van der Waals surface area contributed by atoms with E-state index in [2.05, 4.69) is 32.0 Å². The topological polar surface area (TPSA) is 59.3 Å². The van der Waals surface area contributed by atoms with Gasteiger partial charge < -0.3 is 9.47 Å². The molecule has 1 aromatic rings. The highest BCUT2D eigenvalue weighted by Gasteiger charge is 2.40. The Labute approximate surface area is 144 Å². The van der Waals surface area contributed by atoms with Crippen molar-refractivity contribution in [2.75, 3.05) is 13.2 Å². The predicted molar refractivity (Wildman–Crippen MR) is 92.1 cm³/mol. The van der Waals surface area contributed by atoms with Crippen LogP contribution in [-0.2, 0) is 20.7 Å². The van der Waals surface area contributed by atoms with Crippen LogP contribution in [0.3, 0.4) is 0 Å². The van der Waals surface area contributed by atoms with E-state index in [1.54, 1.807) is 6.92 Å². The summed E-state index contributed by atoms with van der Waals surface area (Å²) in [6.45, 7) is 6.89. The van der Waals surface area contributed by atoms with Crippen molar-refractivity contribution in [1.29, 1.82) is 5.26 Å². The Hall–Kier alpha value is -1.86. The molecule has 0 amide bonds. The van der Waals surface area contributed by atoms with Crippen LogP contribution in [0.4, 0.5) is 0 Å². The van der Waals surface area contributed by atoms with Gasteiger partial charge in [0, 0.05) is 6.61 Å². The molecule has 0 aromatic heterocycles. The number of hydrogen-bond acceptors (Lipinski definition) is 4. The summed E-state index contributed by atoms with van der Waals surface area (Å²) in [6.07, 6.45) is 2.43. The molecule has 0 spiro atoms. The molecule has 4 heteroatoms. The minimum atomic E-state index is -0.732. The Balaban J connectivity index is 2.26. The van der Waals surface area contributed by atoms with Gasteiger partial charge in [0.25, 0.3) is 0 Å². The summed E-state index contributed by atoms with van der Waals surface area (Å²) >= 11 is 0. The first kappa shape index (κ1) is 18.5. The molecule has 0 aliphatic carbocycles. The fourth-order valence-corrected chi connectivity index (χ4v) is 3.64. The van der Waals surface area contributed by atoms with Crippen LogP contribution >= 0.6 is 0 Å². The van der Waals surface area contributed by atoms with E-state index < -0.39 is 11.9 Å². The van der Waals surface area contributed by atoms with Gasteiger partial charge in [-0.05, 0) is 57.4 Å². The lowest BCUT2D eigenvalue weighted by molar-refractivity contribution is -0.150. The van der Waals surface area contributed by atoms with E-state index in [1.807, 2.05) is 18.2 Å². The molecule has 24 heavy (non-hydrogen) atoms. The maximum atomic E-state index is 12.3. The summed E-state index contributed by atoms with van der Waals surface area (Å²) in [5, 5.41) is 9.65. The Morgan fingerprint density at radius 2 is 2.12 bits per heavy atom. The van der Waals surface area contributed by atoms with Crippen LogP contribution in [0, 0.1) is 29.1 Å². The van der Waals surface area contributed by atoms with Crippen LogP contribution in [-0.4, -0.2) is 24.8 Å². The fourth-order valence-electron chi connectivity index (χ4n) is 3.64. The molecule has 1 aliphatic rings. The zero-order valence-corrected chi connectivity index (χ0v) is 14.8. The second kappa shape index (κ2) is 8.30. The van der Waals surface area contributed by atoms with E-state index in [0.29, 0.717) is 19.6 Å². The molecule has 130 valence electrons. The van der Waals surface area contributed by atoms with Gasteiger partial charge in [0.05, 0.1) is 18.3 Å². The summed E-state index contributed by atoms with van der Waals surface area (Å²) < 4.78 is 11.0. The molecule has 1 fully saturated rings. The lowest BCUT2D eigenvalue weighted by Crippen LogP contribution is -2.41. The first-order valence-corrected chi connectivity index (χ1v) is 8.71. The van der Waals surface area contributed by atoms with E-state index in [4.69, 9.17) is 9.47 Å². The molecule has 3 atom stereocenters. The number of carbonyl (C=O) groups excluding carboxylic acids is 1. The first-order chi connectivity index (χ1) is 11.5. The normalized spacial score (nSPS) is 22.2. The Kier molecular flexibility index (Phi) is 6.39. The molecule has 1 saturated heterocycles. The van der Waals surface area contributed by atoms with Crippen LogP contribution in [0.15, 0.2) is 30.3 Å². The van der Waals surface area contributed by atoms with Gasteiger partial charge in [0.1, 0.15) is 5.92 Å². The number of hydrogen-bond donors (Lipinski definition) is 0. The van der Waals surface area contributed by atoms with Crippen molar-refractivity contribution < 1.29 is 14.3 Å². The molecule has 2 rings (SSSR count). The zero-order valence-electron chi connectivity index (χ0n) is 14.8. The molecule has 0 bridgehead atoms. The highest BCUT2D eigenvalue weighted by molar-refractivity contribution is 5.75. The van der Waals surface area contributed by atoms with Gasteiger partial charge in [-0.1, -0.05) is 30.3 Å². The fraction of sp³-hybridized carbons (Fsp3) is 0.600. The third-order valence-corrected chi connectivity index (χ3v) is 4.76. The molecule has 1 aliphatic heterocycles. The second-order valence-electron chi connectivity index (χ2n) is 7.07. The van der Waals surface area contributed by atoms with Crippen LogP contribution in [0.2, 0.25) is 0 Å². The van der Waals surface area contributed by atoms with Crippen molar-refractivity contribution in [2.45, 2.75) is 45.6 Å². The van der Waals surface area contributed by atoms with Gasteiger partial charge in [-0.15, -0.1) is 0 Å². The van der Waals surface area contributed by atoms with Gasteiger partial charge >= 0.3 is 5.97 Å². The van der Waals surface area contributed by atoms with Gasteiger partial charge in [0.15, 0.2) is 0 Å². The number of carbonyl (C=O) groups is 1. The van der Waals surface area contributed by atoms with Crippen LogP contribution in [0.1, 0.15) is 39.2 Å². The highest BCUT2D eigenvalue weighted by Crippen LogP contribution is 2.38. The quantitative estimate of drug-likeness (QED) is 0.746. The largest absolute Gasteiger partial charge is 0.465 e. The zero-order chi connectivity index (χ0) is 17.6. The van der Waals surface area contributed by atoms with E-state index >= 15 is 0 Å². The molecular weight excluding hydrogens is 302 g/mol. The first-order valence-electron chi connectivity index (χ1n) is 8.71. The molecule has 0 N–H and O–H groups in total. The number of rotatable bonds is 6. The van der Waals surface area contributed by atoms with Crippen molar-refractivity contribution in [1.82, 2.24) is 0 Å². The summed E-state index contributed by atoms with van der Waals surface area (Å²) in [5.74, 6) is -0.920. The lowest BCUT2D eigenvalue weighted by Gasteiger charge is -2.40. The molecule has 0 radical (unpaired) electrons. The Morgan fingerprint density at radius 1 is 1.42 bits per heavy atom. The van der Waals surface area contributed by atoms with Crippen molar-refractivity contribution in [3.8, 4) is 6.07 Å². The number of benzene rings is 1. The maximum Gasteiger partial charge on any atom is 0.323 e. The van der Waals surface area contributed by atoms with Crippen molar-refractivity contribution in [3.63, 3.8) is 0 Å². The van der Waals surface area contributed by atoms with Crippen LogP contribution in [0.5, 0.6) is 0 Å². The highest BCUT2D eigenvalue weighted by atomic mass is 16.5. The number of esters is 1. The number of nitriles is 1. The van der Waals surface area contributed by atoms with E-state index in [0.717, 1.165) is 18.4 Å². The summed E-state index contributed by atoms with van der Waals surface area (Å²) in [7, 11) is 0. The lowest BCUT2D eigenvalue weighted by atomic mass is 9.71. The van der Waals surface area contributed by atoms with E-state index in [9.17, 15) is 10.1 Å². The van der Waals surface area contributed by atoms with Crippen LogP contribution < -0.4 is 0 Å². The third kappa shape index (κ3) is 4.82. The van der Waals surface area contributed by atoms with Crippen LogP contribution in [0.25, 0.3) is 0 Å². The third-order valence-electron chi connectivity index (χ3n) is 4.76. The smallest absolute Gasteiger partial charge is 0.323 e. The Bertz CT molecular complexity index is 576. The van der Waals surface area contributed by atoms with E-state index in [-0.39, 0.29) is 17.4 Å². The molecule has 0 unspecified atom stereocenters. The second-order valence-corrected chi connectivity index (χ2v) is 7.07. The molecule has 1 aromatic carbocycles.